The van der Waals surface area contributed by atoms with Crippen LogP contribution in [0, 0.1) is 0 Å². The third-order valence-corrected chi connectivity index (χ3v) is 8.38. The van der Waals surface area contributed by atoms with Crippen LogP contribution in [-0.2, 0) is 0 Å². The van der Waals surface area contributed by atoms with E-state index in [2.05, 4.69) is 43.1 Å². The van der Waals surface area contributed by atoms with E-state index in [-0.39, 0.29) is 15.0 Å². The normalized spacial score (nSPS) is 11.5. The molecule has 3 rings (SSSR count). The van der Waals surface area contributed by atoms with Crippen molar-refractivity contribution in [3.8, 4) is 11.5 Å². The van der Waals surface area contributed by atoms with Crippen molar-refractivity contribution in [2.45, 2.75) is 39.0 Å². The number of para-hydroxylation sites is 2. The minimum atomic E-state index is -1.22. The molecule has 0 aliphatic carbocycles. The summed E-state index contributed by atoms with van der Waals surface area (Å²) in [6.07, 6.45) is 6.14. The summed E-state index contributed by atoms with van der Waals surface area (Å²) in [5, 5.41) is 0. The van der Waals surface area contributed by atoms with E-state index >= 15 is 0 Å². The molecule has 0 aliphatic rings. The van der Waals surface area contributed by atoms with E-state index in [1.807, 2.05) is 60.7 Å². The molecule has 0 saturated heterocycles. The Morgan fingerprint density at radius 3 is 1.80 bits per heavy atom. The van der Waals surface area contributed by atoms with Crippen molar-refractivity contribution in [3.63, 3.8) is 0 Å². The number of unbranched alkanes of at least 4 members (excludes halogenated alkanes) is 3. The molecule has 0 fully saturated rings. The zero-order valence-electron chi connectivity index (χ0n) is 17.4. The van der Waals surface area contributed by atoms with Gasteiger partial charge in [0, 0.05) is 0 Å². The van der Waals surface area contributed by atoms with Gasteiger partial charge in [0.15, 0.2) is 0 Å². The van der Waals surface area contributed by atoms with E-state index in [0.29, 0.717) is 0 Å². The first-order chi connectivity index (χ1) is 14.8. The van der Waals surface area contributed by atoms with Crippen molar-refractivity contribution in [2.75, 3.05) is 0 Å². The molecule has 4 heteroatoms. The molecule has 156 valence electrons. The monoisotopic (exact) mass is 484 g/mol. The van der Waals surface area contributed by atoms with Crippen LogP contribution in [0.3, 0.4) is 0 Å². The zero-order valence-corrected chi connectivity index (χ0v) is 20.1. The Hall–Kier alpha value is -2.05. The number of hydrogen-bond acceptors (Lipinski definition) is 2. The second kappa shape index (κ2) is 13.3. The second-order valence-electron chi connectivity index (χ2n) is 6.92. The topological polar surface area (TPSA) is 18.5 Å². The maximum absolute atomic E-state index is 6.29. The molecule has 0 atom stereocenters. The molecule has 0 radical (unpaired) electrons. The van der Waals surface area contributed by atoms with Crippen molar-refractivity contribution in [1.82, 2.24) is 0 Å². The summed E-state index contributed by atoms with van der Waals surface area (Å²) in [6.45, 7) is 2.26. The Labute approximate surface area is 188 Å². The minimum absolute atomic E-state index is 0.272. The Bertz CT molecular complexity index is 828. The van der Waals surface area contributed by atoms with Crippen LogP contribution in [-0.4, -0.2) is 15.0 Å². The average Bonchev–Trinajstić information content (AvgIpc) is 2.79. The predicted octanol–water partition coefficient (Wildman–Crippen LogP) is 7.30. The van der Waals surface area contributed by atoms with Crippen LogP contribution in [0.15, 0.2) is 101 Å². The van der Waals surface area contributed by atoms with Gasteiger partial charge in [0.05, 0.1) is 0 Å². The van der Waals surface area contributed by atoms with Crippen LogP contribution in [0.2, 0.25) is 0 Å². The van der Waals surface area contributed by atoms with E-state index < -0.39 is 8.38 Å². The van der Waals surface area contributed by atoms with Gasteiger partial charge in [-0.3, -0.25) is 0 Å². The molecule has 0 amide bonds. The van der Waals surface area contributed by atoms with Gasteiger partial charge >= 0.3 is 189 Å². The molecule has 0 N–H and O–H groups in total. The number of benzene rings is 3. The molecule has 2 nitrogen and oxygen atoms in total. The standard InChI is InChI=1S/C26H29O2PSe/c1-2-3-4-12-21-26(30-25-19-13-7-14-20-25)22-29(27-23-15-8-5-9-16-23)28-24-17-10-6-11-18-24/h5-11,13-20,22H,2-4,12,21H2,1H3/b26-22-. The average molecular weight is 483 g/mol. The SMILES string of the molecule is CCCCCC/C(=C/P(Oc1ccccc1)Oc1ccccc1)[Se]c1ccccc1. The Morgan fingerprint density at radius 2 is 1.27 bits per heavy atom. The summed E-state index contributed by atoms with van der Waals surface area (Å²) in [5.74, 6) is 3.94. The summed E-state index contributed by atoms with van der Waals surface area (Å²) in [6, 6.07) is 30.7. The van der Waals surface area contributed by atoms with Gasteiger partial charge in [0.1, 0.15) is 0 Å². The summed E-state index contributed by atoms with van der Waals surface area (Å²) in [5.41, 5.74) is 0. The van der Waals surface area contributed by atoms with E-state index in [9.17, 15) is 0 Å². The van der Waals surface area contributed by atoms with Crippen LogP contribution in [0.25, 0.3) is 0 Å². The number of hydrogen-bond donors (Lipinski definition) is 0. The van der Waals surface area contributed by atoms with Gasteiger partial charge in [-0.25, -0.2) is 0 Å². The van der Waals surface area contributed by atoms with Gasteiger partial charge < -0.3 is 0 Å². The molecule has 0 heterocycles. The van der Waals surface area contributed by atoms with E-state index in [4.69, 9.17) is 9.05 Å². The van der Waals surface area contributed by atoms with Crippen LogP contribution in [0.5, 0.6) is 11.5 Å². The van der Waals surface area contributed by atoms with Gasteiger partial charge in [-0.15, -0.1) is 0 Å². The van der Waals surface area contributed by atoms with E-state index in [1.165, 1.54) is 34.6 Å². The Kier molecular flexibility index (Phi) is 10.0. The molecule has 30 heavy (non-hydrogen) atoms. The maximum atomic E-state index is 6.29. The molecule has 0 saturated carbocycles. The molecular weight excluding hydrogens is 454 g/mol. The summed E-state index contributed by atoms with van der Waals surface area (Å²) in [7, 11) is -1.22. The molecule has 0 aliphatic heterocycles. The predicted molar refractivity (Wildman–Crippen MR) is 130 cm³/mol. The molecule has 3 aromatic rings. The molecule has 0 spiro atoms. The van der Waals surface area contributed by atoms with Crippen molar-refractivity contribution in [1.29, 1.82) is 0 Å². The second-order valence-corrected chi connectivity index (χ2v) is 10.6. The van der Waals surface area contributed by atoms with Gasteiger partial charge in [-0.05, 0) is 0 Å². The zero-order chi connectivity index (χ0) is 20.9. The number of rotatable bonds is 12. The van der Waals surface area contributed by atoms with Crippen molar-refractivity contribution < 1.29 is 9.05 Å². The molecule has 0 aromatic heterocycles. The van der Waals surface area contributed by atoms with Gasteiger partial charge in [-0.2, -0.15) is 0 Å². The third kappa shape index (κ3) is 8.36. The van der Waals surface area contributed by atoms with Crippen molar-refractivity contribution >= 4 is 27.8 Å². The van der Waals surface area contributed by atoms with Crippen molar-refractivity contribution in [3.05, 3.63) is 101 Å². The number of allylic oxidation sites excluding steroid dienone is 1. The summed E-state index contributed by atoms with van der Waals surface area (Å²) >= 11 is 0.272. The summed E-state index contributed by atoms with van der Waals surface area (Å²) in [4.78, 5) is 0. The molecule has 0 bridgehead atoms. The Morgan fingerprint density at radius 1 is 0.733 bits per heavy atom. The quantitative estimate of drug-likeness (QED) is 0.153. The fourth-order valence-electron chi connectivity index (χ4n) is 2.87. The third-order valence-electron chi connectivity index (χ3n) is 4.40. The summed E-state index contributed by atoms with van der Waals surface area (Å²) < 4.78 is 15.4. The van der Waals surface area contributed by atoms with Gasteiger partial charge in [-0.1, -0.05) is 0 Å². The van der Waals surface area contributed by atoms with E-state index in [1.54, 1.807) is 0 Å². The van der Waals surface area contributed by atoms with Gasteiger partial charge in [0.2, 0.25) is 0 Å². The van der Waals surface area contributed by atoms with Crippen LogP contribution in [0.4, 0.5) is 0 Å². The molecule has 0 unspecified atom stereocenters. The van der Waals surface area contributed by atoms with Crippen LogP contribution in [0.1, 0.15) is 39.0 Å². The first-order valence-electron chi connectivity index (χ1n) is 10.5. The molecule has 3 aromatic carbocycles. The van der Waals surface area contributed by atoms with E-state index in [0.717, 1.165) is 17.9 Å². The van der Waals surface area contributed by atoms with Crippen LogP contribution >= 0.6 is 8.38 Å². The van der Waals surface area contributed by atoms with Gasteiger partial charge in [0.25, 0.3) is 0 Å². The van der Waals surface area contributed by atoms with Crippen LogP contribution < -0.4 is 13.5 Å². The Balaban J connectivity index is 1.80. The van der Waals surface area contributed by atoms with Crippen molar-refractivity contribution in [2.24, 2.45) is 0 Å². The molecular formula is C26H29O2PSe. The fourth-order valence-corrected chi connectivity index (χ4v) is 6.73. The fraction of sp³-hybridized carbons (Fsp3) is 0.231. The first kappa shape index (κ1) is 22.6. The first-order valence-corrected chi connectivity index (χ1v) is 13.5.